The number of nitrogens with one attached hydrogen (secondary N) is 1. The maximum atomic E-state index is 14.4. The first-order chi connectivity index (χ1) is 18.6. The summed E-state index contributed by atoms with van der Waals surface area (Å²) >= 11 is 0. The Balaban J connectivity index is 1.54. The zero-order valence-electron chi connectivity index (χ0n) is 21.2. The molecule has 202 valence electrons. The maximum absolute atomic E-state index is 14.4. The number of nitrogens with two attached hydrogens (primary N) is 1. The molecule has 10 nitrogen and oxygen atoms in total. The van der Waals surface area contributed by atoms with E-state index in [1.54, 1.807) is 32.2 Å². The van der Waals surface area contributed by atoms with Gasteiger partial charge in [0, 0.05) is 36.5 Å². The molecule has 4 rings (SSSR count). The Kier molecular flexibility index (Phi) is 7.90. The number of likely N-dealkylation sites (tertiary alicyclic amines) is 1. The third-order valence-corrected chi connectivity index (χ3v) is 6.38. The summed E-state index contributed by atoms with van der Waals surface area (Å²) in [4.78, 5) is 43.2. The van der Waals surface area contributed by atoms with Crippen LogP contribution in [0.2, 0.25) is 0 Å². The average Bonchev–Trinajstić information content (AvgIpc) is 3.48. The highest BCUT2D eigenvalue weighted by molar-refractivity contribution is 6.05. The van der Waals surface area contributed by atoms with Gasteiger partial charge in [-0.1, -0.05) is 18.1 Å². The summed E-state index contributed by atoms with van der Waals surface area (Å²) in [5, 5.41) is 16.6. The Hall–Kier alpha value is -4.79. The Morgan fingerprint density at radius 1 is 1.28 bits per heavy atom. The van der Waals surface area contributed by atoms with Crippen LogP contribution in [0, 0.1) is 17.7 Å². The normalized spacial score (nSPS) is 17.1. The van der Waals surface area contributed by atoms with Crippen LogP contribution in [0.3, 0.4) is 0 Å². The van der Waals surface area contributed by atoms with Crippen molar-refractivity contribution in [2.24, 2.45) is 10.7 Å². The SMILES string of the molecule is CN=C(C)C#Cc1ccc2c(c1)c(C(N)=O)nn2CC(=O)N1C[C@H](F)C[C@H]1C(=O)NCc1cccc(O)c1F. The van der Waals surface area contributed by atoms with Crippen LogP contribution in [0.1, 0.15) is 35.0 Å². The number of hydrogen-bond acceptors (Lipinski definition) is 6. The number of fused-ring (bicyclic) bond motifs is 1. The molecule has 2 aromatic carbocycles. The third kappa shape index (κ3) is 5.87. The van der Waals surface area contributed by atoms with E-state index in [-0.39, 0.29) is 37.3 Å². The van der Waals surface area contributed by atoms with Gasteiger partial charge in [-0.2, -0.15) is 5.10 Å². The number of carbonyl (C=O) groups is 3. The van der Waals surface area contributed by atoms with Gasteiger partial charge >= 0.3 is 0 Å². The molecule has 1 saturated heterocycles. The van der Waals surface area contributed by atoms with Crippen molar-refractivity contribution < 1.29 is 28.3 Å². The van der Waals surface area contributed by atoms with E-state index in [1.807, 2.05) is 0 Å². The van der Waals surface area contributed by atoms with Gasteiger partial charge in [0.1, 0.15) is 18.8 Å². The fraction of sp³-hybridized carbons (Fsp3) is 0.296. The number of hydrogen-bond donors (Lipinski definition) is 3. The predicted octanol–water partition coefficient (Wildman–Crippen LogP) is 1.68. The Morgan fingerprint density at radius 3 is 2.77 bits per heavy atom. The molecule has 1 aromatic heterocycles. The number of aromatic hydroxyl groups is 1. The van der Waals surface area contributed by atoms with Crippen LogP contribution < -0.4 is 11.1 Å². The number of halogens is 2. The van der Waals surface area contributed by atoms with E-state index in [9.17, 15) is 28.3 Å². The van der Waals surface area contributed by atoms with Gasteiger partial charge in [-0.05, 0) is 37.1 Å². The fourth-order valence-corrected chi connectivity index (χ4v) is 4.31. The van der Waals surface area contributed by atoms with Crippen LogP contribution in [0.4, 0.5) is 8.78 Å². The first-order valence-corrected chi connectivity index (χ1v) is 12.0. The van der Waals surface area contributed by atoms with E-state index < -0.39 is 41.5 Å². The number of nitrogens with zero attached hydrogens (tertiary/aromatic N) is 4. The van der Waals surface area contributed by atoms with Gasteiger partial charge in [-0.15, -0.1) is 0 Å². The highest BCUT2D eigenvalue weighted by Gasteiger charge is 2.40. The Morgan fingerprint density at radius 2 is 2.05 bits per heavy atom. The number of primary amides is 1. The molecule has 2 heterocycles. The summed E-state index contributed by atoms with van der Waals surface area (Å²) in [7, 11) is 1.62. The zero-order valence-corrected chi connectivity index (χ0v) is 21.2. The van der Waals surface area contributed by atoms with Crippen LogP contribution in [0.5, 0.6) is 5.75 Å². The zero-order chi connectivity index (χ0) is 28.3. The molecule has 0 bridgehead atoms. The minimum absolute atomic E-state index is 0.0409. The lowest BCUT2D eigenvalue weighted by atomic mass is 10.1. The Labute approximate surface area is 222 Å². The van der Waals surface area contributed by atoms with E-state index in [1.165, 1.54) is 22.9 Å². The summed E-state index contributed by atoms with van der Waals surface area (Å²) in [6.45, 7) is 0.809. The van der Waals surface area contributed by atoms with Crippen molar-refractivity contribution in [1.29, 1.82) is 0 Å². The van der Waals surface area contributed by atoms with Crippen molar-refractivity contribution in [2.45, 2.75) is 38.6 Å². The summed E-state index contributed by atoms with van der Waals surface area (Å²) in [6, 6.07) is 7.81. The van der Waals surface area contributed by atoms with Crippen LogP contribution in [-0.2, 0) is 22.7 Å². The molecule has 3 aromatic rings. The average molecular weight is 537 g/mol. The molecule has 0 spiro atoms. The van der Waals surface area contributed by atoms with Crippen molar-refractivity contribution in [1.82, 2.24) is 20.0 Å². The molecule has 4 N–H and O–H groups in total. The number of amides is 3. The standard InChI is InChI=1S/C27H26F2N6O4/c1-15(31-2)6-7-16-8-9-20-19(10-16)25(26(30)38)33-35(20)14-23(37)34-13-18(28)11-21(34)27(39)32-12-17-4-3-5-22(36)24(17)29/h3-5,8-10,18,21,36H,11-14H2,1-2H3,(H2,30,38)(H,32,39)/t18-,21+/m1/s1. The lowest BCUT2D eigenvalue weighted by molar-refractivity contribution is -0.139. The number of aliphatic imine (C=N–C) groups is 1. The first kappa shape index (κ1) is 27.3. The molecule has 1 aliphatic heterocycles. The van der Waals surface area contributed by atoms with Crippen molar-refractivity contribution in [3.05, 3.63) is 59.0 Å². The first-order valence-electron chi connectivity index (χ1n) is 12.0. The van der Waals surface area contributed by atoms with Crippen molar-refractivity contribution in [3.8, 4) is 17.6 Å². The summed E-state index contributed by atoms with van der Waals surface area (Å²) in [5.74, 6) is 2.31. The second kappa shape index (κ2) is 11.3. The quantitative estimate of drug-likeness (QED) is 0.325. The van der Waals surface area contributed by atoms with E-state index in [0.717, 1.165) is 4.90 Å². The Bertz CT molecular complexity index is 1550. The number of alkyl halides is 1. The number of rotatable bonds is 6. The highest BCUT2D eigenvalue weighted by Crippen LogP contribution is 2.24. The monoisotopic (exact) mass is 536 g/mol. The number of phenols is 1. The largest absolute Gasteiger partial charge is 0.505 e. The highest BCUT2D eigenvalue weighted by atomic mass is 19.1. The molecule has 0 aliphatic carbocycles. The molecule has 2 atom stereocenters. The van der Waals surface area contributed by atoms with Crippen LogP contribution in [-0.4, -0.2) is 69.0 Å². The minimum atomic E-state index is -1.44. The molecular weight excluding hydrogens is 510 g/mol. The van der Waals surface area contributed by atoms with Crippen LogP contribution in [0.15, 0.2) is 41.4 Å². The van der Waals surface area contributed by atoms with E-state index >= 15 is 0 Å². The number of aromatic nitrogens is 2. The van der Waals surface area contributed by atoms with Gasteiger partial charge in [-0.25, -0.2) is 8.78 Å². The fourth-order valence-electron chi connectivity index (χ4n) is 4.31. The number of benzene rings is 2. The molecule has 39 heavy (non-hydrogen) atoms. The van der Waals surface area contributed by atoms with Gasteiger partial charge in [0.15, 0.2) is 17.3 Å². The summed E-state index contributed by atoms with van der Waals surface area (Å²) in [5.41, 5.74) is 7.12. The number of phenolic OH excluding ortho intramolecular Hbond substituents is 1. The van der Waals surface area contributed by atoms with Crippen molar-refractivity contribution in [3.63, 3.8) is 0 Å². The topological polar surface area (TPSA) is 143 Å². The van der Waals surface area contributed by atoms with Crippen LogP contribution in [0.25, 0.3) is 10.9 Å². The van der Waals surface area contributed by atoms with Crippen molar-refractivity contribution in [2.75, 3.05) is 13.6 Å². The van der Waals surface area contributed by atoms with E-state index in [4.69, 9.17) is 5.73 Å². The van der Waals surface area contributed by atoms with E-state index in [0.29, 0.717) is 22.2 Å². The molecule has 12 heteroatoms. The smallest absolute Gasteiger partial charge is 0.269 e. The predicted molar refractivity (Wildman–Crippen MR) is 139 cm³/mol. The van der Waals surface area contributed by atoms with Crippen LogP contribution >= 0.6 is 0 Å². The van der Waals surface area contributed by atoms with Gasteiger partial charge in [-0.3, -0.25) is 24.1 Å². The van der Waals surface area contributed by atoms with Gasteiger partial charge in [0.2, 0.25) is 11.8 Å². The molecule has 0 unspecified atom stereocenters. The van der Waals surface area contributed by atoms with Gasteiger partial charge < -0.3 is 21.1 Å². The molecule has 1 aliphatic rings. The molecular formula is C27H26F2N6O4. The maximum Gasteiger partial charge on any atom is 0.269 e. The van der Waals surface area contributed by atoms with E-state index in [2.05, 4.69) is 27.2 Å². The third-order valence-electron chi connectivity index (χ3n) is 6.38. The lowest BCUT2D eigenvalue weighted by Crippen LogP contribution is -2.46. The second-order valence-electron chi connectivity index (χ2n) is 9.02. The van der Waals surface area contributed by atoms with Crippen molar-refractivity contribution >= 4 is 34.3 Å². The molecule has 3 amide bonds. The van der Waals surface area contributed by atoms with Gasteiger partial charge in [0.25, 0.3) is 5.91 Å². The molecule has 0 saturated carbocycles. The molecule has 0 radical (unpaired) electrons. The minimum Gasteiger partial charge on any atom is -0.505 e. The summed E-state index contributed by atoms with van der Waals surface area (Å²) in [6.07, 6.45) is -1.66. The number of carbonyl (C=O) groups excluding carboxylic acids is 3. The van der Waals surface area contributed by atoms with Gasteiger partial charge in [0.05, 0.1) is 17.8 Å². The molecule has 1 fully saturated rings. The lowest BCUT2D eigenvalue weighted by Gasteiger charge is -2.24. The summed E-state index contributed by atoms with van der Waals surface area (Å²) < 4.78 is 29.7. The second-order valence-corrected chi connectivity index (χ2v) is 9.02.